The molecule has 2 N–H and O–H groups in total. The van der Waals surface area contributed by atoms with Crippen LogP contribution >= 0.6 is 11.3 Å². The fourth-order valence-corrected chi connectivity index (χ4v) is 3.26. The Morgan fingerprint density at radius 2 is 1.81 bits per heavy atom. The van der Waals surface area contributed by atoms with Crippen LogP contribution in [0.4, 0.5) is 5.13 Å². The summed E-state index contributed by atoms with van der Waals surface area (Å²) in [6.45, 7) is 0.211. The van der Waals surface area contributed by atoms with Crippen LogP contribution in [0.3, 0.4) is 0 Å². The van der Waals surface area contributed by atoms with E-state index in [1.165, 1.54) is 30.6 Å². The zero-order valence-corrected chi connectivity index (χ0v) is 14.4. The summed E-state index contributed by atoms with van der Waals surface area (Å²) in [5.74, 6) is 0.533. The molecule has 0 fully saturated rings. The fraction of sp³-hybridized carbons (Fsp3) is 0.118. The van der Waals surface area contributed by atoms with E-state index in [4.69, 9.17) is 9.47 Å². The third kappa shape index (κ3) is 3.00. The van der Waals surface area contributed by atoms with Gasteiger partial charge in [0.25, 0.3) is 5.91 Å². The Hall–Kier alpha value is -3.33. The number of carbonyl (C=O) groups is 2. The molecule has 2 aromatic carbocycles. The Morgan fingerprint density at radius 3 is 2.54 bits per heavy atom. The first-order valence-corrected chi connectivity index (χ1v) is 8.40. The lowest BCUT2D eigenvalue weighted by Crippen LogP contribution is -2.29. The lowest BCUT2D eigenvalue weighted by atomic mass is 10.1. The number of thiazole rings is 1. The zero-order chi connectivity index (χ0) is 18.1. The molecular formula is C17H13N3O5S. The van der Waals surface area contributed by atoms with Gasteiger partial charge in [-0.05, 0) is 24.3 Å². The Kier molecular flexibility index (Phi) is 4.05. The molecule has 2 heterocycles. The van der Waals surface area contributed by atoms with Crippen molar-refractivity contribution in [3.8, 4) is 11.5 Å². The molecule has 0 atom stereocenters. The molecule has 3 aromatic rings. The second kappa shape index (κ2) is 6.52. The summed E-state index contributed by atoms with van der Waals surface area (Å²) in [6, 6.07) is 9.79. The van der Waals surface area contributed by atoms with Crippen molar-refractivity contribution in [3.05, 3.63) is 47.5 Å². The maximum absolute atomic E-state index is 12.2. The summed E-state index contributed by atoms with van der Waals surface area (Å²) in [6.07, 6.45) is 0. The van der Waals surface area contributed by atoms with Gasteiger partial charge in [-0.3, -0.25) is 15.6 Å². The molecule has 132 valence electrons. The number of hydrogen-bond donors (Lipinski definition) is 2. The van der Waals surface area contributed by atoms with Crippen LogP contribution < -0.4 is 20.3 Å². The summed E-state index contributed by atoms with van der Waals surface area (Å²) in [4.78, 5) is 28.0. The molecule has 26 heavy (non-hydrogen) atoms. The van der Waals surface area contributed by atoms with E-state index in [9.17, 15) is 9.59 Å². The number of anilines is 1. The first-order chi connectivity index (χ1) is 12.6. The van der Waals surface area contributed by atoms with Crippen molar-refractivity contribution < 1.29 is 23.8 Å². The summed E-state index contributed by atoms with van der Waals surface area (Å²) in [7, 11) is 1.30. The summed E-state index contributed by atoms with van der Waals surface area (Å²) in [5.41, 5.74) is 6.89. The van der Waals surface area contributed by atoms with Crippen LogP contribution in [0.15, 0.2) is 36.4 Å². The first-order valence-electron chi connectivity index (χ1n) is 7.59. The van der Waals surface area contributed by atoms with E-state index in [1.807, 2.05) is 6.07 Å². The van der Waals surface area contributed by atoms with Crippen molar-refractivity contribution in [2.24, 2.45) is 0 Å². The van der Waals surface area contributed by atoms with Crippen molar-refractivity contribution in [1.82, 2.24) is 10.4 Å². The number of rotatable bonds is 4. The number of fused-ring (bicyclic) bond motifs is 2. The van der Waals surface area contributed by atoms with Crippen molar-refractivity contribution in [2.45, 2.75) is 0 Å². The number of benzene rings is 2. The number of ether oxygens (including phenoxy) is 3. The number of methoxy groups -OCH3 is 1. The van der Waals surface area contributed by atoms with Gasteiger partial charge in [-0.25, -0.2) is 9.78 Å². The third-order valence-electron chi connectivity index (χ3n) is 3.73. The van der Waals surface area contributed by atoms with Crippen LogP contribution in [-0.4, -0.2) is 30.8 Å². The topological polar surface area (TPSA) is 98.8 Å². The largest absolute Gasteiger partial charge is 0.465 e. The van der Waals surface area contributed by atoms with Gasteiger partial charge in [0.15, 0.2) is 11.5 Å². The molecule has 0 spiro atoms. The van der Waals surface area contributed by atoms with E-state index in [0.717, 1.165) is 10.2 Å². The molecule has 1 aliphatic heterocycles. The molecule has 9 heteroatoms. The summed E-state index contributed by atoms with van der Waals surface area (Å²) in [5, 5.41) is 0.531. The molecule has 0 saturated carbocycles. The highest BCUT2D eigenvalue weighted by Gasteiger charge is 2.17. The molecule has 0 saturated heterocycles. The number of esters is 1. The van der Waals surface area contributed by atoms with Crippen LogP contribution in [0.2, 0.25) is 0 Å². The van der Waals surface area contributed by atoms with Gasteiger partial charge in [0.1, 0.15) is 0 Å². The monoisotopic (exact) mass is 371 g/mol. The van der Waals surface area contributed by atoms with E-state index in [2.05, 4.69) is 20.6 Å². The highest BCUT2D eigenvalue weighted by molar-refractivity contribution is 7.22. The third-order valence-corrected chi connectivity index (χ3v) is 4.67. The van der Waals surface area contributed by atoms with E-state index < -0.39 is 5.97 Å². The quantitative estimate of drug-likeness (QED) is 0.537. The van der Waals surface area contributed by atoms with E-state index in [1.54, 1.807) is 18.2 Å². The van der Waals surface area contributed by atoms with Crippen molar-refractivity contribution >= 4 is 38.6 Å². The molecule has 0 bridgehead atoms. The number of hydrazine groups is 1. The van der Waals surface area contributed by atoms with Crippen LogP contribution in [0.25, 0.3) is 10.2 Å². The number of aromatic nitrogens is 1. The Morgan fingerprint density at radius 1 is 1.12 bits per heavy atom. The van der Waals surface area contributed by atoms with E-state index in [-0.39, 0.29) is 12.7 Å². The fourth-order valence-electron chi connectivity index (χ4n) is 2.43. The Labute approximate surface area is 151 Å². The van der Waals surface area contributed by atoms with Gasteiger partial charge in [0, 0.05) is 17.7 Å². The molecule has 1 amide bonds. The number of carbonyl (C=O) groups excluding carboxylic acids is 2. The molecular weight excluding hydrogens is 358 g/mol. The van der Waals surface area contributed by atoms with Gasteiger partial charge in [-0.15, -0.1) is 0 Å². The van der Waals surface area contributed by atoms with Crippen molar-refractivity contribution in [2.75, 3.05) is 19.3 Å². The predicted octanol–water partition coefficient (Wildman–Crippen LogP) is 2.57. The second-order valence-electron chi connectivity index (χ2n) is 5.34. The maximum Gasteiger partial charge on any atom is 0.337 e. The van der Waals surface area contributed by atoms with Gasteiger partial charge in [0.05, 0.1) is 22.9 Å². The second-order valence-corrected chi connectivity index (χ2v) is 6.37. The smallest absolute Gasteiger partial charge is 0.337 e. The normalized spacial score (nSPS) is 12.0. The SMILES string of the molecule is COC(=O)c1ccc(C(=O)NNc2nc3cc4c(cc3s2)OCO4)cc1. The van der Waals surface area contributed by atoms with E-state index in [0.29, 0.717) is 27.8 Å². The van der Waals surface area contributed by atoms with Crippen LogP contribution in [0, 0.1) is 0 Å². The standard InChI is InChI=1S/C17H13N3O5S/c1-23-16(22)10-4-2-9(3-5-10)15(21)19-20-17-18-11-6-12-13(25-8-24-12)7-14(11)26-17/h2-7H,8H2,1H3,(H,18,20)(H,19,21). The average Bonchev–Trinajstić information content (AvgIpc) is 3.28. The lowest BCUT2D eigenvalue weighted by Gasteiger charge is -2.06. The molecule has 0 unspecified atom stereocenters. The molecule has 4 rings (SSSR count). The van der Waals surface area contributed by atoms with Crippen molar-refractivity contribution in [1.29, 1.82) is 0 Å². The van der Waals surface area contributed by atoms with Gasteiger partial charge in [-0.2, -0.15) is 0 Å². The molecule has 1 aliphatic rings. The highest BCUT2D eigenvalue weighted by Crippen LogP contribution is 2.38. The predicted molar refractivity (Wildman–Crippen MR) is 94.6 cm³/mol. The minimum absolute atomic E-state index is 0.211. The molecule has 1 aromatic heterocycles. The first kappa shape index (κ1) is 16.2. The summed E-state index contributed by atoms with van der Waals surface area (Å²) < 4.78 is 16.2. The Bertz CT molecular complexity index is 959. The number of amides is 1. The van der Waals surface area contributed by atoms with Crippen LogP contribution in [0.1, 0.15) is 20.7 Å². The van der Waals surface area contributed by atoms with Gasteiger partial charge in [-0.1, -0.05) is 11.3 Å². The number of nitrogens with one attached hydrogen (secondary N) is 2. The highest BCUT2D eigenvalue weighted by atomic mass is 32.1. The van der Waals surface area contributed by atoms with Crippen molar-refractivity contribution in [3.63, 3.8) is 0 Å². The summed E-state index contributed by atoms with van der Waals surface area (Å²) >= 11 is 1.38. The molecule has 0 aliphatic carbocycles. The van der Waals surface area contributed by atoms with Gasteiger partial charge >= 0.3 is 5.97 Å². The minimum Gasteiger partial charge on any atom is -0.465 e. The zero-order valence-electron chi connectivity index (χ0n) is 13.6. The molecule has 0 radical (unpaired) electrons. The van der Waals surface area contributed by atoms with Crippen LogP contribution in [-0.2, 0) is 4.74 Å². The Balaban J connectivity index is 1.44. The maximum atomic E-state index is 12.2. The average molecular weight is 371 g/mol. The number of hydrogen-bond acceptors (Lipinski definition) is 8. The van der Waals surface area contributed by atoms with Gasteiger partial charge in [0.2, 0.25) is 11.9 Å². The van der Waals surface area contributed by atoms with Gasteiger partial charge < -0.3 is 14.2 Å². The lowest BCUT2D eigenvalue weighted by molar-refractivity contribution is 0.0600. The number of nitrogens with zero attached hydrogens (tertiary/aromatic N) is 1. The minimum atomic E-state index is -0.454. The van der Waals surface area contributed by atoms with Crippen LogP contribution in [0.5, 0.6) is 11.5 Å². The molecule has 8 nitrogen and oxygen atoms in total. The van der Waals surface area contributed by atoms with E-state index >= 15 is 0 Å².